The molecule has 0 saturated carbocycles. The van der Waals surface area contributed by atoms with Crippen molar-refractivity contribution < 1.29 is 14.6 Å². The number of phenols is 1. The summed E-state index contributed by atoms with van der Waals surface area (Å²) in [6.45, 7) is 2.54. The van der Waals surface area contributed by atoms with Gasteiger partial charge in [-0.15, -0.1) is 0 Å². The van der Waals surface area contributed by atoms with Crippen molar-refractivity contribution in [3.8, 4) is 11.5 Å². The Labute approximate surface area is 137 Å². The Morgan fingerprint density at radius 2 is 2.13 bits per heavy atom. The molecule has 118 valence electrons. The molecule has 23 heavy (non-hydrogen) atoms. The smallest absolute Gasteiger partial charge is 0.230 e. The Morgan fingerprint density at radius 1 is 1.30 bits per heavy atom. The van der Waals surface area contributed by atoms with Crippen LogP contribution in [0.4, 0.5) is 5.13 Å². The maximum atomic E-state index is 12.1. The standard InChI is InChI=1S/C17H16N2O3S/c1-2-22-12-7-8-13-15(10-12)23-17(18-13)19-16(21)9-11-5-3-4-6-14(11)20/h3-8,10,20H,2,9H2,1H3,(H,18,19,21). The van der Waals surface area contributed by atoms with Gasteiger partial charge < -0.3 is 15.2 Å². The van der Waals surface area contributed by atoms with Crippen molar-refractivity contribution in [1.29, 1.82) is 0 Å². The maximum absolute atomic E-state index is 12.1. The van der Waals surface area contributed by atoms with Crippen molar-refractivity contribution in [2.75, 3.05) is 11.9 Å². The second-order valence-corrected chi connectivity index (χ2v) is 5.97. The highest BCUT2D eigenvalue weighted by Crippen LogP contribution is 2.29. The lowest BCUT2D eigenvalue weighted by Crippen LogP contribution is -2.14. The minimum atomic E-state index is -0.212. The number of anilines is 1. The first-order valence-corrected chi connectivity index (χ1v) is 8.07. The van der Waals surface area contributed by atoms with Gasteiger partial charge in [-0.2, -0.15) is 0 Å². The Kier molecular flexibility index (Phi) is 4.43. The number of rotatable bonds is 5. The average Bonchev–Trinajstić information content (AvgIpc) is 2.91. The number of ether oxygens (including phenoxy) is 1. The number of benzene rings is 2. The fourth-order valence-electron chi connectivity index (χ4n) is 2.21. The fourth-order valence-corrected chi connectivity index (χ4v) is 3.12. The number of aromatic nitrogens is 1. The maximum Gasteiger partial charge on any atom is 0.230 e. The second kappa shape index (κ2) is 6.66. The quantitative estimate of drug-likeness (QED) is 0.751. The van der Waals surface area contributed by atoms with Gasteiger partial charge in [0.2, 0.25) is 5.91 Å². The first-order valence-electron chi connectivity index (χ1n) is 7.26. The molecule has 0 aliphatic heterocycles. The van der Waals surface area contributed by atoms with E-state index < -0.39 is 0 Å². The van der Waals surface area contributed by atoms with E-state index in [0.29, 0.717) is 17.3 Å². The predicted octanol–water partition coefficient (Wildman–Crippen LogP) is 3.58. The third-order valence-corrected chi connectivity index (χ3v) is 4.19. The highest BCUT2D eigenvalue weighted by molar-refractivity contribution is 7.22. The van der Waals surface area contributed by atoms with Crippen molar-refractivity contribution in [3.05, 3.63) is 48.0 Å². The normalized spacial score (nSPS) is 10.7. The highest BCUT2D eigenvalue weighted by Gasteiger charge is 2.11. The van der Waals surface area contributed by atoms with E-state index in [1.54, 1.807) is 24.3 Å². The van der Waals surface area contributed by atoms with Crippen LogP contribution in [0.5, 0.6) is 11.5 Å². The van der Waals surface area contributed by atoms with Crippen LogP contribution in [0, 0.1) is 0 Å². The lowest BCUT2D eigenvalue weighted by Gasteiger charge is -2.03. The van der Waals surface area contributed by atoms with Crippen LogP contribution in [-0.4, -0.2) is 22.6 Å². The number of carbonyl (C=O) groups excluding carboxylic acids is 1. The average molecular weight is 328 g/mol. The summed E-state index contributed by atoms with van der Waals surface area (Å²) in [6, 6.07) is 12.4. The summed E-state index contributed by atoms with van der Waals surface area (Å²) in [5.41, 5.74) is 1.40. The SMILES string of the molecule is CCOc1ccc2nc(NC(=O)Cc3ccccc3O)sc2c1. The van der Waals surface area contributed by atoms with Gasteiger partial charge in [0.05, 0.1) is 23.2 Å². The van der Waals surface area contributed by atoms with E-state index in [1.165, 1.54) is 11.3 Å². The van der Waals surface area contributed by atoms with Gasteiger partial charge in [0, 0.05) is 5.56 Å². The number of amides is 1. The number of carbonyl (C=O) groups is 1. The monoisotopic (exact) mass is 328 g/mol. The summed E-state index contributed by atoms with van der Waals surface area (Å²) in [6.07, 6.45) is 0.104. The molecule has 2 N–H and O–H groups in total. The van der Waals surface area contributed by atoms with Crippen molar-refractivity contribution in [1.82, 2.24) is 4.98 Å². The summed E-state index contributed by atoms with van der Waals surface area (Å²) in [4.78, 5) is 16.5. The lowest BCUT2D eigenvalue weighted by molar-refractivity contribution is -0.115. The van der Waals surface area contributed by atoms with Crippen LogP contribution in [0.2, 0.25) is 0 Å². The van der Waals surface area contributed by atoms with Gasteiger partial charge in [-0.1, -0.05) is 29.5 Å². The number of fused-ring (bicyclic) bond motifs is 1. The van der Waals surface area contributed by atoms with Crippen molar-refractivity contribution in [3.63, 3.8) is 0 Å². The van der Waals surface area contributed by atoms with Crippen LogP contribution in [0.25, 0.3) is 10.2 Å². The Morgan fingerprint density at radius 3 is 2.91 bits per heavy atom. The fraction of sp³-hybridized carbons (Fsp3) is 0.176. The van der Waals surface area contributed by atoms with E-state index in [-0.39, 0.29) is 18.1 Å². The zero-order valence-corrected chi connectivity index (χ0v) is 13.4. The molecule has 3 aromatic rings. The third kappa shape index (κ3) is 3.60. The molecule has 0 saturated heterocycles. The van der Waals surface area contributed by atoms with Crippen LogP contribution in [-0.2, 0) is 11.2 Å². The van der Waals surface area contributed by atoms with E-state index in [0.717, 1.165) is 16.0 Å². The molecule has 2 aromatic carbocycles. The van der Waals surface area contributed by atoms with Gasteiger partial charge in [0.15, 0.2) is 5.13 Å². The first kappa shape index (κ1) is 15.3. The van der Waals surface area contributed by atoms with Gasteiger partial charge >= 0.3 is 0 Å². The van der Waals surface area contributed by atoms with Crippen LogP contribution < -0.4 is 10.1 Å². The molecular formula is C17H16N2O3S. The van der Waals surface area contributed by atoms with Crippen LogP contribution in [0.1, 0.15) is 12.5 Å². The second-order valence-electron chi connectivity index (χ2n) is 4.94. The largest absolute Gasteiger partial charge is 0.508 e. The van der Waals surface area contributed by atoms with E-state index >= 15 is 0 Å². The molecule has 3 rings (SSSR count). The molecule has 5 nitrogen and oxygen atoms in total. The summed E-state index contributed by atoms with van der Waals surface area (Å²) >= 11 is 1.39. The molecule has 0 radical (unpaired) electrons. The molecule has 0 fully saturated rings. The van der Waals surface area contributed by atoms with E-state index in [9.17, 15) is 9.90 Å². The molecular weight excluding hydrogens is 312 g/mol. The van der Waals surface area contributed by atoms with Crippen molar-refractivity contribution in [2.45, 2.75) is 13.3 Å². The van der Waals surface area contributed by atoms with E-state index in [4.69, 9.17) is 4.74 Å². The van der Waals surface area contributed by atoms with Gasteiger partial charge in [-0.3, -0.25) is 4.79 Å². The van der Waals surface area contributed by atoms with Gasteiger partial charge in [0.1, 0.15) is 11.5 Å². The zero-order valence-electron chi connectivity index (χ0n) is 12.6. The molecule has 6 heteroatoms. The number of hydrogen-bond donors (Lipinski definition) is 2. The Hall–Kier alpha value is -2.60. The summed E-state index contributed by atoms with van der Waals surface area (Å²) < 4.78 is 6.41. The number of thiazole rings is 1. The molecule has 1 heterocycles. The number of para-hydroxylation sites is 1. The number of hydrogen-bond acceptors (Lipinski definition) is 5. The molecule has 1 amide bonds. The summed E-state index contributed by atoms with van der Waals surface area (Å²) in [5, 5.41) is 13.0. The molecule has 0 unspecified atom stereocenters. The number of aromatic hydroxyl groups is 1. The number of nitrogens with one attached hydrogen (secondary N) is 1. The van der Waals surface area contributed by atoms with Gasteiger partial charge in [0.25, 0.3) is 0 Å². The van der Waals surface area contributed by atoms with Crippen LogP contribution in [0.15, 0.2) is 42.5 Å². The molecule has 0 spiro atoms. The number of phenolic OH excluding ortho intramolecular Hbond substituents is 1. The lowest BCUT2D eigenvalue weighted by atomic mass is 10.1. The molecule has 0 bridgehead atoms. The summed E-state index contributed by atoms with van der Waals surface area (Å²) in [7, 11) is 0. The highest BCUT2D eigenvalue weighted by atomic mass is 32.1. The van der Waals surface area contributed by atoms with Gasteiger partial charge in [-0.25, -0.2) is 4.98 Å². The number of nitrogens with zero attached hydrogens (tertiary/aromatic N) is 1. The van der Waals surface area contributed by atoms with E-state index in [2.05, 4.69) is 10.3 Å². The van der Waals surface area contributed by atoms with Gasteiger partial charge in [-0.05, 0) is 31.2 Å². The topological polar surface area (TPSA) is 71.5 Å². The third-order valence-electron chi connectivity index (χ3n) is 3.26. The van der Waals surface area contributed by atoms with E-state index in [1.807, 2.05) is 25.1 Å². The van der Waals surface area contributed by atoms with Crippen LogP contribution >= 0.6 is 11.3 Å². The molecule has 0 atom stereocenters. The zero-order chi connectivity index (χ0) is 16.2. The van der Waals surface area contributed by atoms with Crippen molar-refractivity contribution >= 4 is 32.6 Å². The summed E-state index contributed by atoms with van der Waals surface area (Å²) in [5.74, 6) is 0.694. The first-order chi connectivity index (χ1) is 11.2. The minimum absolute atomic E-state index is 0.104. The molecule has 0 aliphatic carbocycles. The van der Waals surface area contributed by atoms with Crippen LogP contribution in [0.3, 0.4) is 0 Å². The van der Waals surface area contributed by atoms with Crippen molar-refractivity contribution in [2.24, 2.45) is 0 Å². The minimum Gasteiger partial charge on any atom is -0.508 e. The molecule has 1 aromatic heterocycles. The Bertz CT molecular complexity index is 845. The molecule has 0 aliphatic rings. The predicted molar refractivity (Wildman–Crippen MR) is 91.2 cm³/mol. The Balaban J connectivity index is 1.73.